The number of carbonyl (C=O) groups excluding carboxylic acids is 1. The van der Waals surface area contributed by atoms with Crippen molar-refractivity contribution in [3.8, 4) is 0 Å². The topological polar surface area (TPSA) is 76.7 Å². The third kappa shape index (κ3) is 3.46. The maximum absolute atomic E-state index is 12.7. The van der Waals surface area contributed by atoms with E-state index in [0.29, 0.717) is 37.5 Å². The molecular weight excluding hydrogens is 346 g/mol. The van der Waals surface area contributed by atoms with E-state index in [9.17, 15) is 9.59 Å². The molecule has 1 aromatic heterocycles. The largest absolute Gasteiger partial charge is 0.419 e. The number of nitrogens with one attached hydrogen (secondary N) is 1. The fourth-order valence-electron chi connectivity index (χ4n) is 3.35. The van der Waals surface area contributed by atoms with Crippen LogP contribution in [0.3, 0.4) is 0 Å². The van der Waals surface area contributed by atoms with E-state index in [1.165, 1.54) is 0 Å². The number of aromatic nitrogens is 1. The van der Waals surface area contributed by atoms with Crippen LogP contribution in [0.4, 0.5) is 10.5 Å². The van der Waals surface area contributed by atoms with Crippen LogP contribution >= 0.6 is 0 Å². The molecule has 0 aliphatic carbocycles. The van der Waals surface area contributed by atoms with E-state index in [1.807, 2.05) is 37.3 Å². The Hall–Kier alpha value is -3.06. The summed E-state index contributed by atoms with van der Waals surface area (Å²) >= 11 is 0. The van der Waals surface area contributed by atoms with Crippen molar-refractivity contribution in [3.05, 3.63) is 64.6 Å². The Bertz CT molecular complexity index is 1010. The Morgan fingerprint density at radius 2 is 2.04 bits per heavy atom. The summed E-state index contributed by atoms with van der Waals surface area (Å²) in [6, 6.07) is 14.9. The number of hydrogen-bond donors (Lipinski definition) is 1. The van der Waals surface area contributed by atoms with Crippen molar-refractivity contribution in [1.82, 2.24) is 9.47 Å². The van der Waals surface area contributed by atoms with Gasteiger partial charge in [0.1, 0.15) is 6.10 Å². The van der Waals surface area contributed by atoms with Gasteiger partial charge >= 0.3 is 11.8 Å². The van der Waals surface area contributed by atoms with Crippen LogP contribution in [-0.2, 0) is 11.3 Å². The van der Waals surface area contributed by atoms with Crippen molar-refractivity contribution in [2.75, 3.05) is 25.0 Å². The number of rotatable bonds is 3. The zero-order valence-electron chi connectivity index (χ0n) is 15.1. The SMILES string of the molecule is CCn1c(=O)oc2cc(NC(=O)N3CCO[C@H](c4ccccc4)C3)ccc21. The second-order valence-corrected chi connectivity index (χ2v) is 6.44. The number of aryl methyl sites for hydroxylation is 1. The van der Waals surface area contributed by atoms with Gasteiger partial charge in [0.15, 0.2) is 5.58 Å². The quantitative estimate of drug-likeness (QED) is 0.771. The molecule has 0 bridgehead atoms. The summed E-state index contributed by atoms with van der Waals surface area (Å²) in [7, 11) is 0. The number of carbonyl (C=O) groups is 1. The van der Waals surface area contributed by atoms with Crippen molar-refractivity contribution < 1.29 is 13.9 Å². The third-order valence-corrected chi connectivity index (χ3v) is 4.76. The minimum Gasteiger partial charge on any atom is -0.408 e. The van der Waals surface area contributed by atoms with Crippen LogP contribution in [0, 0.1) is 0 Å². The van der Waals surface area contributed by atoms with E-state index in [0.717, 1.165) is 11.1 Å². The number of nitrogens with zero attached hydrogens (tertiary/aromatic N) is 2. The van der Waals surface area contributed by atoms with Crippen LogP contribution < -0.4 is 11.1 Å². The van der Waals surface area contributed by atoms with Gasteiger partial charge in [0.25, 0.3) is 0 Å². The van der Waals surface area contributed by atoms with Gasteiger partial charge in [-0.05, 0) is 24.6 Å². The number of hydrogen-bond acceptors (Lipinski definition) is 4. The van der Waals surface area contributed by atoms with Gasteiger partial charge in [-0.2, -0.15) is 0 Å². The first-order chi connectivity index (χ1) is 13.2. The summed E-state index contributed by atoms with van der Waals surface area (Å²) in [5.41, 5.74) is 2.83. The van der Waals surface area contributed by atoms with Crippen LogP contribution in [0.1, 0.15) is 18.6 Å². The monoisotopic (exact) mass is 367 g/mol. The first kappa shape index (κ1) is 17.4. The molecule has 1 fully saturated rings. The fourth-order valence-corrected chi connectivity index (χ4v) is 3.35. The number of benzene rings is 2. The summed E-state index contributed by atoms with van der Waals surface area (Å²) in [6.07, 6.45) is -0.134. The first-order valence-electron chi connectivity index (χ1n) is 9.01. The number of ether oxygens (including phenoxy) is 1. The van der Waals surface area contributed by atoms with Crippen LogP contribution in [-0.4, -0.2) is 35.2 Å². The van der Waals surface area contributed by atoms with Crippen LogP contribution in [0.25, 0.3) is 11.1 Å². The van der Waals surface area contributed by atoms with E-state index in [2.05, 4.69) is 5.32 Å². The highest BCUT2D eigenvalue weighted by molar-refractivity contribution is 5.91. The molecule has 0 saturated carbocycles. The summed E-state index contributed by atoms with van der Waals surface area (Å²) in [5, 5.41) is 2.88. The standard InChI is InChI=1S/C20H21N3O4/c1-2-23-16-9-8-15(12-17(16)27-20(23)25)21-19(24)22-10-11-26-18(13-22)14-6-4-3-5-7-14/h3-9,12,18H,2,10-11,13H2,1H3,(H,21,24)/t18-/m0/s1. The lowest BCUT2D eigenvalue weighted by Gasteiger charge is -2.33. The lowest BCUT2D eigenvalue weighted by atomic mass is 10.1. The number of anilines is 1. The van der Waals surface area contributed by atoms with Gasteiger partial charge in [0.2, 0.25) is 0 Å². The van der Waals surface area contributed by atoms with E-state index in [-0.39, 0.29) is 12.1 Å². The maximum Gasteiger partial charge on any atom is 0.419 e. The predicted molar refractivity (Wildman–Crippen MR) is 102 cm³/mol. The number of amides is 2. The molecule has 4 rings (SSSR count). The van der Waals surface area contributed by atoms with E-state index < -0.39 is 5.76 Å². The summed E-state index contributed by atoms with van der Waals surface area (Å²) in [5.74, 6) is -0.394. The zero-order chi connectivity index (χ0) is 18.8. The van der Waals surface area contributed by atoms with Crippen molar-refractivity contribution in [2.24, 2.45) is 0 Å². The number of oxazole rings is 1. The molecule has 1 aliphatic rings. The molecule has 1 aliphatic heterocycles. The van der Waals surface area contributed by atoms with Crippen LogP contribution in [0.5, 0.6) is 0 Å². The molecule has 2 amide bonds. The van der Waals surface area contributed by atoms with Crippen molar-refractivity contribution in [1.29, 1.82) is 0 Å². The summed E-state index contributed by atoms with van der Waals surface area (Å²) in [4.78, 5) is 26.2. The van der Waals surface area contributed by atoms with Gasteiger partial charge in [0, 0.05) is 24.8 Å². The second-order valence-electron chi connectivity index (χ2n) is 6.44. The van der Waals surface area contributed by atoms with Crippen LogP contribution in [0.2, 0.25) is 0 Å². The smallest absolute Gasteiger partial charge is 0.408 e. The highest BCUT2D eigenvalue weighted by atomic mass is 16.5. The molecule has 27 heavy (non-hydrogen) atoms. The van der Waals surface area contributed by atoms with Gasteiger partial charge in [-0.25, -0.2) is 9.59 Å². The van der Waals surface area contributed by atoms with Gasteiger partial charge in [0.05, 0.1) is 18.7 Å². The Kier molecular flexibility index (Phi) is 4.68. The molecule has 0 radical (unpaired) electrons. The Balaban J connectivity index is 1.48. The second kappa shape index (κ2) is 7.28. The average Bonchev–Trinajstić information content (AvgIpc) is 3.02. The Morgan fingerprint density at radius 3 is 2.81 bits per heavy atom. The average molecular weight is 367 g/mol. The molecule has 140 valence electrons. The molecule has 1 saturated heterocycles. The predicted octanol–water partition coefficient (Wildman–Crippen LogP) is 3.22. The van der Waals surface area contributed by atoms with E-state index in [4.69, 9.17) is 9.15 Å². The Morgan fingerprint density at radius 1 is 1.22 bits per heavy atom. The number of urea groups is 1. The van der Waals surface area contributed by atoms with Gasteiger partial charge in [-0.3, -0.25) is 4.57 Å². The summed E-state index contributed by atoms with van der Waals surface area (Å²) in [6.45, 7) is 3.91. The molecule has 2 aromatic carbocycles. The van der Waals surface area contributed by atoms with Gasteiger partial charge < -0.3 is 19.4 Å². The molecule has 7 nitrogen and oxygen atoms in total. The van der Waals surface area contributed by atoms with E-state index >= 15 is 0 Å². The summed E-state index contributed by atoms with van der Waals surface area (Å²) < 4.78 is 12.6. The number of fused-ring (bicyclic) bond motifs is 1. The third-order valence-electron chi connectivity index (χ3n) is 4.76. The van der Waals surface area contributed by atoms with Crippen molar-refractivity contribution in [2.45, 2.75) is 19.6 Å². The minimum absolute atomic E-state index is 0.134. The van der Waals surface area contributed by atoms with Gasteiger partial charge in [-0.1, -0.05) is 30.3 Å². The molecule has 1 N–H and O–H groups in total. The highest BCUT2D eigenvalue weighted by Gasteiger charge is 2.25. The van der Waals surface area contributed by atoms with Crippen molar-refractivity contribution >= 4 is 22.8 Å². The lowest BCUT2D eigenvalue weighted by Crippen LogP contribution is -2.44. The molecule has 7 heteroatoms. The normalized spacial score (nSPS) is 17.2. The first-order valence-corrected chi connectivity index (χ1v) is 9.01. The lowest BCUT2D eigenvalue weighted by molar-refractivity contribution is -0.0135. The van der Waals surface area contributed by atoms with Gasteiger partial charge in [-0.15, -0.1) is 0 Å². The Labute approximate surface area is 156 Å². The zero-order valence-corrected chi connectivity index (χ0v) is 15.1. The molecule has 2 heterocycles. The molecule has 1 atom stereocenters. The fraction of sp³-hybridized carbons (Fsp3) is 0.300. The molecular formula is C20H21N3O4. The maximum atomic E-state index is 12.7. The number of morpholine rings is 1. The molecule has 0 spiro atoms. The minimum atomic E-state index is -0.394. The van der Waals surface area contributed by atoms with Crippen molar-refractivity contribution in [3.63, 3.8) is 0 Å². The van der Waals surface area contributed by atoms with E-state index in [1.54, 1.807) is 27.7 Å². The highest BCUT2D eigenvalue weighted by Crippen LogP contribution is 2.23. The molecule has 0 unspecified atom stereocenters. The van der Waals surface area contributed by atoms with Crippen LogP contribution in [0.15, 0.2) is 57.7 Å². The molecule has 3 aromatic rings.